The van der Waals surface area contributed by atoms with Crippen LogP contribution in [0.25, 0.3) is 11.1 Å². The largest absolute Gasteiger partial charge is 0.493 e. The summed E-state index contributed by atoms with van der Waals surface area (Å²) >= 11 is 0. The summed E-state index contributed by atoms with van der Waals surface area (Å²) in [6.45, 7) is 2.62. The third-order valence-electron chi connectivity index (χ3n) is 4.86. The number of carbonyl (C=O) groups excluding carboxylic acids is 1. The van der Waals surface area contributed by atoms with E-state index in [2.05, 4.69) is 36.5 Å². The number of hydrogen-bond donors (Lipinski definition) is 1. The molecule has 1 N–H and O–H groups in total. The predicted molar refractivity (Wildman–Crippen MR) is 112 cm³/mol. The Bertz CT molecular complexity index is 1160. The highest BCUT2D eigenvalue weighted by Crippen LogP contribution is 2.30. The number of ether oxygens (including phenoxy) is 2. The van der Waals surface area contributed by atoms with Crippen LogP contribution in [0.2, 0.25) is 0 Å². The van der Waals surface area contributed by atoms with E-state index in [1.165, 1.54) is 5.56 Å². The SMILES string of the molecule is COc1ccc(NC(=O)c2cc3occc3n2Cc2ccc(C)cc2)cc1OC. The lowest BCUT2D eigenvalue weighted by Gasteiger charge is -2.13. The van der Waals surface area contributed by atoms with E-state index in [9.17, 15) is 4.79 Å². The first-order valence-corrected chi connectivity index (χ1v) is 9.24. The number of furan rings is 1. The van der Waals surface area contributed by atoms with Crippen molar-refractivity contribution in [2.75, 3.05) is 19.5 Å². The van der Waals surface area contributed by atoms with Gasteiger partial charge in [0, 0.05) is 30.4 Å². The van der Waals surface area contributed by atoms with E-state index in [4.69, 9.17) is 13.9 Å². The van der Waals surface area contributed by atoms with Crippen LogP contribution in [0.15, 0.2) is 65.3 Å². The Labute approximate surface area is 168 Å². The molecule has 0 unspecified atom stereocenters. The topological polar surface area (TPSA) is 65.6 Å². The number of aryl methyl sites for hydroxylation is 1. The Morgan fingerprint density at radius 1 is 1.00 bits per heavy atom. The minimum atomic E-state index is -0.226. The Morgan fingerprint density at radius 3 is 2.48 bits per heavy atom. The fourth-order valence-corrected chi connectivity index (χ4v) is 3.32. The van der Waals surface area contributed by atoms with Gasteiger partial charge < -0.3 is 23.8 Å². The molecule has 0 aliphatic rings. The molecule has 0 radical (unpaired) electrons. The number of fused-ring (bicyclic) bond motifs is 1. The van der Waals surface area contributed by atoms with Crippen molar-refractivity contribution in [3.63, 3.8) is 0 Å². The Kier molecular flexibility index (Phi) is 4.99. The molecule has 2 aromatic carbocycles. The van der Waals surface area contributed by atoms with Gasteiger partial charge in [-0.2, -0.15) is 0 Å². The van der Waals surface area contributed by atoms with Crippen molar-refractivity contribution in [2.45, 2.75) is 13.5 Å². The van der Waals surface area contributed by atoms with Crippen LogP contribution in [0, 0.1) is 6.92 Å². The first kappa shape index (κ1) is 18.7. The maximum Gasteiger partial charge on any atom is 0.272 e. The summed E-state index contributed by atoms with van der Waals surface area (Å²) in [4.78, 5) is 13.1. The van der Waals surface area contributed by atoms with Crippen LogP contribution >= 0.6 is 0 Å². The van der Waals surface area contributed by atoms with E-state index in [-0.39, 0.29) is 5.91 Å². The van der Waals surface area contributed by atoms with E-state index < -0.39 is 0 Å². The zero-order chi connectivity index (χ0) is 20.4. The predicted octanol–water partition coefficient (Wildman–Crippen LogP) is 4.86. The summed E-state index contributed by atoms with van der Waals surface area (Å²) in [6.07, 6.45) is 1.63. The van der Waals surface area contributed by atoms with Gasteiger partial charge in [-0.25, -0.2) is 0 Å². The van der Waals surface area contributed by atoms with Gasteiger partial charge in [0.2, 0.25) is 0 Å². The van der Waals surface area contributed by atoms with Crippen LogP contribution in [-0.2, 0) is 6.54 Å². The number of hydrogen-bond acceptors (Lipinski definition) is 4. The van der Waals surface area contributed by atoms with Gasteiger partial charge in [-0.05, 0) is 24.6 Å². The maximum absolute atomic E-state index is 13.1. The van der Waals surface area contributed by atoms with Gasteiger partial charge in [0.15, 0.2) is 17.1 Å². The Balaban J connectivity index is 1.65. The van der Waals surface area contributed by atoms with Crippen molar-refractivity contribution in [3.8, 4) is 11.5 Å². The summed E-state index contributed by atoms with van der Waals surface area (Å²) in [5.41, 5.74) is 5.00. The summed E-state index contributed by atoms with van der Waals surface area (Å²) in [5.74, 6) is 0.926. The fraction of sp³-hybridized carbons (Fsp3) is 0.174. The van der Waals surface area contributed by atoms with Crippen LogP contribution in [0.3, 0.4) is 0 Å². The van der Waals surface area contributed by atoms with E-state index in [0.29, 0.717) is 35.0 Å². The van der Waals surface area contributed by atoms with E-state index in [1.54, 1.807) is 44.7 Å². The molecule has 2 aromatic heterocycles. The number of carbonyl (C=O) groups is 1. The molecule has 0 aliphatic heterocycles. The van der Waals surface area contributed by atoms with Gasteiger partial charge >= 0.3 is 0 Å². The van der Waals surface area contributed by atoms with E-state index in [0.717, 1.165) is 11.1 Å². The minimum Gasteiger partial charge on any atom is -0.493 e. The molecule has 0 fully saturated rings. The molecule has 0 spiro atoms. The second-order valence-corrected chi connectivity index (χ2v) is 6.80. The summed E-state index contributed by atoms with van der Waals surface area (Å²) in [6, 6.07) is 17.2. The van der Waals surface area contributed by atoms with Crippen LogP contribution in [0.5, 0.6) is 11.5 Å². The van der Waals surface area contributed by atoms with Crippen LogP contribution in [-0.4, -0.2) is 24.7 Å². The molecule has 2 heterocycles. The molecular formula is C23H22N2O4. The maximum atomic E-state index is 13.1. The third kappa shape index (κ3) is 3.69. The molecule has 0 saturated heterocycles. The van der Waals surface area contributed by atoms with Gasteiger partial charge in [-0.15, -0.1) is 0 Å². The van der Waals surface area contributed by atoms with Gasteiger partial charge in [0.25, 0.3) is 5.91 Å². The number of aromatic nitrogens is 1. The van der Waals surface area contributed by atoms with Crippen molar-refractivity contribution in [3.05, 3.63) is 77.7 Å². The number of benzene rings is 2. The summed E-state index contributed by atoms with van der Waals surface area (Å²) < 4.78 is 18.0. The van der Waals surface area contributed by atoms with Crippen molar-refractivity contribution in [1.29, 1.82) is 0 Å². The molecule has 0 atom stereocenters. The summed E-state index contributed by atoms with van der Waals surface area (Å²) in [5, 5.41) is 2.93. The van der Waals surface area contributed by atoms with Gasteiger partial charge in [0.05, 0.1) is 26.0 Å². The zero-order valence-corrected chi connectivity index (χ0v) is 16.6. The molecule has 6 nitrogen and oxygen atoms in total. The lowest BCUT2D eigenvalue weighted by atomic mass is 10.1. The molecule has 4 rings (SSSR count). The third-order valence-corrected chi connectivity index (χ3v) is 4.86. The van der Waals surface area contributed by atoms with Crippen LogP contribution < -0.4 is 14.8 Å². The number of rotatable bonds is 6. The molecule has 1 amide bonds. The minimum absolute atomic E-state index is 0.226. The lowest BCUT2D eigenvalue weighted by molar-refractivity contribution is 0.101. The van der Waals surface area contributed by atoms with Crippen LogP contribution in [0.4, 0.5) is 5.69 Å². The second kappa shape index (κ2) is 7.75. The molecule has 29 heavy (non-hydrogen) atoms. The molecular weight excluding hydrogens is 368 g/mol. The number of nitrogens with zero attached hydrogens (tertiary/aromatic N) is 1. The van der Waals surface area contributed by atoms with Crippen molar-refractivity contribution in [2.24, 2.45) is 0 Å². The molecule has 4 aromatic rings. The van der Waals surface area contributed by atoms with Gasteiger partial charge in [0.1, 0.15) is 5.69 Å². The monoisotopic (exact) mass is 390 g/mol. The van der Waals surface area contributed by atoms with Crippen molar-refractivity contribution in [1.82, 2.24) is 4.57 Å². The Morgan fingerprint density at radius 2 is 1.76 bits per heavy atom. The molecule has 148 valence electrons. The molecule has 0 bridgehead atoms. The highest BCUT2D eigenvalue weighted by atomic mass is 16.5. The standard InChI is InChI=1S/C23H22N2O4/c1-15-4-6-16(7-5-15)14-25-18-10-11-29-21(18)13-19(25)23(26)24-17-8-9-20(27-2)22(12-17)28-3/h4-13H,14H2,1-3H3,(H,24,26). The van der Waals surface area contributed by atoms with Crippen molar-refractivity contribution < 1.29 is 18.7 Å². The quantitative estimate of drug-likeness (QED) is 0.511. The Hall–Kier alpha value is -3.67. The average molecular weight is 390 g/mol. The van der Waals surface area contributed by atoms with Crippen molar-refractivity contribution >= 4 is 22.7 Å². The second-order valence-electron chi connectivity index (χ2n) is 6.80. The highest BCUT2D eigenvalue weighted by Gasteiger charge is 2.18. The highest BCUT2D eigenvalue weighted by molar-refractivity contribution is 6.06. The smallest absolute Gasteiger partial charge is 0.272 e. The van der Waals surface area contributed by atoms with Gasteiger partial charge in [-0.1, -0.05) is 29.8 Å². The average Bonchev–Trinajstić information content (AvgIpc) is 3.32. The van der Waals surface area contributed by atoms with E-state index in [1.807, 2.05) is 10.6 Å². The number of nitrogens with one attached hydrogen (secondary N) is 1. The molecule has 0 aliphatic carbocycles. The number of amides is 1. The fourth-order valence-electron chi connectivity index (χ4n) is 3.32. The normalized spacial score (nSPS) is 10.9. The first-order valence-electron chi connectivity index (χ1n) is 9.24. The van der Waals surface area contributed by atoms with Gasteiger partial charge in [-0.3, -0.25) is 4.79 Å². The number of anilines is 1. The summed E-state index contributed by atoms with van der Waals surface area (Å²) in [7, 11) is 3.13. The number of methoxy groups -OCH3 is 2. The zero-order valence-electron chi connectivity index (χ0n) is 16.6. The first-order chi connectivity index (χ1) is 14.1. The van der Waals surface area contributed by atoms with Crippen LogP contribution in [0.1, 0.15) is 21.6 Å². The molecule has 0 saturated carbocycles. The van der Waals surface area contributed by atoms with E-state index >= 15 is 0 Å². The lowest BCUT2D eigenvalue weighted by Crippen LogP contribution is -2.17. The molecule has 6 heteroatoms.